The Hall–Kier alpha value is -2.76. The molecule has 2 aliphatic rings. The van der Waals surface area contributed by atoms with E-state index in [1.165, 1.54) is 4.31 Å². The number of hydrogen-bond acceptors (Lipinski definition) is 6. The van der Waals surface area contributed by atoms with Crippen LogP contribution in [0.5, 0.6) is 0 Å². The van der Waals surface area contributed by atoms with Crippen molar-refractivity contribution in [3.63, 3.8) is 0 Å². The third kappa shape index (κ3) is 5.73. The van der Waals surface area contributed by atoms with Crippen LogP contribution in [0.15, 0.2) is 45.8 Å². The van der Waals surface area contributed by atoms with Crippen LogP contribution in [0.3, 0.4) is 0 Å². The highest BCUT2D eigenvalue weighted by molar-refractivity contribution is 9.10. The van der Waals surface area contributed by atoms with Gasteiger partial charge in [-0.2, -0.15) is 4.31 Å². The number of sulfonamides is 1. The maximum atomic E-state index is 13.7. The van der Waals surface area contributed by atoms with Crippen molar-refractivity contribution >= 4 is 55.1 Å². The SMILES string of the molecule is CCOC(=O)c1ccc(NC(=O)C2CCCN(S(=O)(=O)c3cc4c(cc3Br)CCN4C(=O)CC)C2)cc1. The molecule has 2 amide bonds. The van der Waals surface area contributed by atoms with Gasteiger partial charge in [-0.3, -0.25) is 9.59 Å². The molecule has 2 aromatic rings. The van der Waals surface area contributed by atoms with Crippen LogP contribution in [0, 0.1) is 5.92 Å². The van der Waals surface area contributed by atoms with Gasteiger partial charge >= 0.3 is 5.97 Å². The molecule has 0 aliphatic carbocycles. The molecule has 198 valence electrons. The summed E-state index contributed by atoms with van der Waals surface area (Å²) in [4.78, 5) is 38.9. The number of ether oxygens (including phenoxy) is 1. The van der Waals surface area contributed by atoms with Crippen LogP contribution in [-0.2, 0) is 30.8 Å². The van der Waals surface area contributed by atoms with E-state index in [2.05, 4.69) is 21.2 Å². The lowest BCUT2D eigenvalue weighted by Gasteiger charge is -2.31. The molecule has 0 radical (unpaired) electrons. The number of piperidine rings is 1. The monoisotopic (exact) mass is 591 g/mol. The standard InChI is InChI=1S/C26H30BrN3O6S/c1-3-24(31)30-13-11-18-14-21(27)23(15-22(18)30)37(34,35)29-12-5-6-19(16-29)25(32)28-20-9-7-17(8-10-20)26(33)36-4-2/h7-10,14-15,19H,3-6,11-13,16H2,1-2H3,(H,28,32). The van der Waals surface area contributed by atoms with E-state index in [1.54, 1.807) is 55.1 Å². The zero-order valence-corrected chi connectivity index (χ0v) is 23.2. The highest BCUT2D eigenvalue weighted by atomic mass is 79.9. The third-order valence-corrected chi connectivity index (χ3v) is 9.49. The zero-order valence-electron chi connectivity index (χ0n) is 20.8. The van der Waals surface area contributed by atoms with E-state index in [0.717, 1.165) is 5.56 Å². The molecule has 9 nitrogen and oxygen atoms in total. The summed E-state index contributed by atoms with van der Waals surface area (Å²) in [6.45, 7) is 4.67. The fourth-order valence-corrected chi connectivity index (χ4v) is 7.29. The van der Waals surface area contributed by atoms with Crippen LogP contribution in [0.4, 0.5) is 11.4 Å². The fraction of sp³-hybridized carbons (Fsp3) is 0.423. The molecule has 1 saturated heterocycles. The van der Waals surface area contributed by atoms with Crippen molar-refractivity contribution < 1.29 is 27.5 Å². The summed E-state index contributed by atoms with van der Waals surface area (Å²) in [6.07, 6.45) is 2.11. The topological polar surface area (TPSA) is 113 Å². The highest BCUT2D eigenvalue weighted by Gasteiger charge is 2.36. The van der Waals surface area contributed by atoms with Crippen LogP contribution < -0.4 is 10.2 Å². The summed E-state index contributed by atoms with van der Waals surface area (Å²) in [6, 6.07) is 9.73. The smallest absolute Gasteiger partial charge is 0.338 e. The summed E-state index contributed by atoms with van der Waals surface area (Å²) < 4.78 is 34.1. The molecular formula is C26H30BrN3O6S. The van der Waals surface area contributed by atoms with Crippen molar-refractivity contribution in [1.82, 2.24) is 4.31 Å². The van der Waals surface area contributed by atoms with Crippen LogP contribution in [-0.4, -0.2) is 56.7 Å². The Morgan fingerprint density at radius 3 is 2.51 bits per heavy atom. The third-order valence-electron chi connectivity index (χ3n) is 6.67. The first-order valence-corrected chi connectivity index (χ1v) is 14.6. The number of carbonyl (C=O) groups is 3. The van der Waals surface area contributed by atoms with Crippen LogP contribution in [0.25, 0.3) is 0 Å². The Balaban J connectivity index is 1.49. The molecule has 1 N–H and O–H groups in total. The number of fused-ring (bicyclic) bond motifs is 1. The summed E-state index contributed by atoms with van der Waals surface area (Å²) in [5.74, 6) is -1.29. The molecule has 2 aromatic carbocycles. The first kappa shape index (κ1) is 27.3. The molecule has 1 unspecified atom stereocenters. The second-order valence-corrected chi connectivity index (χ2v) is 11.8. The number of benzene rings is 2. The average Bonchev–Trinajstić information content (AvgIpc) is 3.31. The minimum atomic E-state index is -3.91. The van der Waals surface area contributed by atoms with E-state index >= 15 is 0 Å². The van der Waals surface area contributed by atoms with Crippen LogP contribution in [0.2, 0.25) is 0 Å². The van der Waals surface area contributed by atoms with Gasteiger partial charge < -0.3 is 15.0 Å². The van der Waals surface area contributed by atoms with Gasteiger partial charge in [0, 0.05) is 41.9 Å². The van der Waals surface area contributed by atoms with Gasteiger partial charge in [0.2, 0.25) is 21.8 Å². The zero-order chi connectivity index (χ0) is 26.7. The lowest BCUT2D eigenvalue weighted by molar-refractivity contribution is -0.121. The van der Waals surface area contributed by atoms with E-state index in [9.17, 15) is 22.8 Å². The molecule has 37 heavy (non-hydrogen) atoms. The Kier molecular flexibility index (Phi) is 8.35. The van der Waals surface area contributed by atoms with Crippen molar-refractivity contribution in [3.05, 3.63) is 52.0 Å². The molecule has 11 heteroatoms. The summed E-state index contributed by atoms with van der Waals surface area (Å²) in [7, 11) is -3.91. The maximum absolute atomic E-state index is 13.7. The molecule has 2 heterocycles. The molecule has 1 fully saturated rings. The number of nitrogens with one attached hydrogen (secondary N) is 1. The van der Waals surface area contributed by atoms with Gasteiger partial charge in [-0.1, -0.05) is 6.92 Å². The van der Waals surface area contributed by atoms with Crippen molar-refractivity contribution in [2.45, 2.75) is 44.4 Å². The van der Waals surface area contributed by atoms with Gasteiger partial charge in [-0.25, -0.2) is 13.2 Å². The quantitative estimate of drug-likeness (QED) is 0.487. The summed E-state index contributed by atoms with van der Waals surface area (Å²) >= 11 is 3.42. The van der Waals surface area contributed by atoms with E-state index < -0.39 is 21.9 Å². The Morgan fingerprint density at radius 1 is 1.11 bits per heavy atom. The van der Waals surface area contributed by atoms with Crippen LogP contribution >= 0.6 is 15.9 Å². The van der Waals surface area contributed by atoms with Crippen molar-refractivity contribution in [1.29, 1.82) is 0 Å². The Morgan fingerprint density at radius 2 is 1.84 bits per heavy atom. The highest BCUT2D eigenvalue weighted by Crippen LogP contribution is 2.37. The van der Waals surface area contributed by atoms with Gasteiger partial charge in [-0.05, 0) is 84.1 Å². The first-order chi connectivity index (χ1) is 17.6. The first-order valence-electron chi connectivity index (χ1n) is 12.4. The van der Waals surface area contributed by atoms with E-state index in [1.807, 2.05) is 0 Å². The minimum Gasteiger partial charge on any atom is -0.462 e. The fourth-order valence-electron chi connectivity index (χ4n) is 4.70. The predicted molar refractivity (Wildman–Crippen MR) is 143 cm³/mol. The number of carbonyl (C=O) groups excluding carboxylic acids is 3. The number of anilines is 2. The molecule has 2 aliphatic heterocycles. The predicted octanol–water partition coefficient (Wildman–Crippen LogP) is 3.96. The molecule has 0 bridgehead atoms. The summed E-state index contributed by atoms with van der Waals surface area (Å²) in [5.41, 5.74) is 2.46. The second kappa shape index (κ2) is 11.3. The number of amides is 2. The molecule has 0 spiro atoms. The normalized spacial score (nSPS) is 17.8. The number of hydrogen-bond donors (Lipinski definition) is 1. The van der Waals surface area contributed by atoms with E-state index in [4.69, 9.17) is 4.74 Å². The Labute approximate surface area is 225 Å². The van der Waals surface area contributed by atoms with Crippen molar-refractivity contribution in [2.24, 2.45) is 5.92 Å². The van der Waals surface area contributed by atoms with Gasteiger partial charge in [-0.15, -0.1) is 0 Å². The molecule has 4 rings (SSSR count). The van der Waals surface area contributed by atoms with Crippen LogP contribution in [0.1, 0.15) is 49.0 Å². The number of esters is 1. The van der Waals surface area contributed by atoms with Gasteiger partial charge in [0.15, 0.2) is 0 Å². The molecule has 1 atom stereocenters. The van der Waals surface area contributed by atoms with Crippen molar-refractivity contribution in [2.75, 3.05) is 36.5 Å². The van der Waals surface area contributed by atoms with Gasteiger partial charge in [0.25, 0.3) is 0 Å². The van der Waals surface area contributed by atoms with Gasteiger partial charge in [0.05, 0.1) is 23.0 Å². The number of halogens is 1. The maximum Gasteiger partial charge on any atom is 0.338 e. The van der Waals surface area contributed by atoms with E-state index in [-0.39, 0.29) is 29.9 Å². The molecule has 0 saturated carbocycles. The largest absolute Gasteiger partial charge is 0.462 e. The van der Waals surface area contributed by atoms with Gasteiger partial charge in [0.1, 0.15) is 0 Å². The lowest BCUT2D eigenvalue weighted by atomic mass is 9.98. The molecular weight excluding hydrogens is 562 g/mol. The second-order valence-electron chi connectivity index (χ2n) is 9.05. The molecule has 0 aromatic heterocycles. The van der Waals surface area contributed by atoms with Crippen molar-refractivity contribution in [3.8, 4) is 0 Å². The Bertz CT molecular complexity index is 1310. The van der Waals surface area contributed by atoms with E-state index in [0.29, 0.717) is 60.2 Å². The average molecular weight is 593 g/mol. The number of nitrogens with zero attached hydrogens (tertiary/aromatic N) is 2. The summed E-state index contributed by atoms with van der Waals surface area (Å²) in [5, 5.41) is 2.83. The minimum absolute atomic E-state index is 0.0468. The number of rotatable bonds is 7. The lowest BCUT2D eigenvalue weighted by Crippen LogP contribution is -2.43.